The Morgan fingerprint density at radius 1 is 0.784 bits per heavy atom. The summed E-state index contributed by atoms with van der Waals surface area (Å²) < 4.78 is 32.9. The van der Waals surface area contributed by atoms with Gasteiger partial charge in [0.1, 0.15) is 6.10 Å². The maximum atomic E-state index is 12.3. The standard InChI is InChI=1S/C28H56NO7P/c1-3-5-7-9-11-12-13-14-15-16-17-19-21-28(30)36-27(26-35-37(31,32)34-24-22-29)25-33-23-20-18-10-8-6-4-2/h11-12,27H,3-10,13-26,29H2,1-2H3,(H,31,32)/b12-11-. The number of unbranched alkanes of at least 4 members (excludes halogenated alkanes) is 13. The van der Waals surface area contributed by atoms with E-state index in [4.69, 9.17) is 24.3 Å². The van der Waals surface area contributed by atoms with Crippen LogP contribution in [0.15, 0.2) is 12.2 Å². The summed E-state index contributed by atoms with van der Waals surface area (Å²) in [5.74, 6) is -0.345. The third kappa shape index (κ3) is 26.6. The normalized spacial score (nSPS) is 14.2. The van der Waals surface area contributed by atoms with Gasteiger partial charge in [-0.1, -0.05) is 90.2 Å². The summed E-state index contributed by atoms with van der Waals surface area (Å²) in [6, 6.07) is 0. The van der Waals surface area contributed by atoms with Crippen molar-refractivity contribution in [3.05, 3.63) is 12.2 Å². The smallest absolute Gasteiger partial charge is 0.457 e. The van der Waals surface area contributed by atoms with Crippen molar-refractivity contribution in [2.45, 2.75) is 129 Å². The molecule has 0 saturated carbocycles. The van der Waals surface area contributed by atoms with Crippen molar-refractivity contribution in [1.29, 1.82) is 0 Å². The second-order valence-corrected chi connectivity index (χ2v) is 11.1. The molecule has 220 valence electrons. The first kappa shape index (κ1) is 36.2. The number of phosphoric acid groups is 1. The van der Waals surface area contributed by atoms with E-state index < -0.39 is 13.9 Å². The molecule has 0 saturated heterocycles. The summed E-state index contributed by atoms with van der Waals surface area (Å²) >= 11 is 0. The number of nitrogens with two attached hydrogens (primary N) is 1. The minimum atomic E-state index is -4.25. The van der Waals surface area contributed by atoms with Gasteiger partial charge in [-0.25, -0.2) is 4.57 Å². The van der Waals surface area contributed by atoms with Crippen LogP contribution in [0.3, 0.4) is 0 Å². The molecule has 0 spiro atoms. The molecule has 0 radical (unpaired) electrons. The average molecular weight is 550 g/mol. The molecule has 0 aliphatic rings. The summed E-state index contributed by atoms with van der Waals surface area (Å²) in [7, 11) is -4.25. The maximum absolute atomic E-state index is 12.3. The number of hydrogen-bond acceptors (Lipinski definition) is 7. The number of ether oxygens (including phenoxy) is 2. The molecule has 0 aliphatic carbocycles. The summed E-state index contributed by atoms with van der Waals surface area (Å²) in [4.78, 5) is 22.1. The quantitative estimate of drug-likeness (QED) is 0.0454. The van der Waals surface area contributed by atoms with Gasteiger partial charge in [0.2, 0.25) is 0 Å². The highest BCUT2D eigenvalue weighted by Crippen LogP contribution is 2.43. The molecule has 0 amide bonds. The zero-order valence-electron chi connectivity index (χ0n) is 23.7. The predicted molar refractivity (Wildman–Crippen MR) is 150 cm³/mol. The Hall–Kier alpha value is -0.760. The number of hydrogen-bond donors (Lipinski definition) is 2. The molecule has 0 aromatic heterocycles. The van der Waals surface area contributed by atoms with Crippen molar-refractivity contribution < 1.29 is 32.8 Å². The zero-order valence-corrected chi connectivity index (χ0v) is 24.6. The molecular formula is C28H56NO7P. The molecule has 0 fully saturated rings. The van der Waals surface area contributed by atoms with Crippen molar-refractivity contribution in [2.24, 2.45) is 5.73 Å². The Morgan fingerprint density at radius 2 is 1.35 bits per heavy atom. The molecule has 0 heterocycles. The van der Waals surface area contributed by atoms with E-state index >= 15 is 0 Å². The van der Waals surface area contributed by atoms with Gasteiger partial charge in [-0.05, 0) is 38.5 Å². The molecule has 3 N–H and O–H groups in total. The fourth-order valence-corrected chi connectivity index (χ4v) is 4.52. The van der Waals surface area contributed by atoms with E-state index in [2.05, 4.69) is 26.0 Å². The minimum Gasteiger partial charge on any atom is -0.457 e. The Bertz CT molecular complexity index is 589. The van der Waals surface area contributed by atoms with Crippen LogP contribution >= 0.6 is 7.82 Å². The number of carbonyl (C=O) groups is 1. The molecule has 0 aromatic rings. The van der Waals surface area contributed by atoms with Gasteiger partial charge >= 0.3 is 13.8 Å². The summed E-state index contributed by atoms with van der Waals surface area (Å²) in [5.41, 5.74) is 5.30. The van der Waals surface area contributed by atoms with Gasteiger partial charge in [-0.2, -0.15) is 0 Å². The highest BCUT2D eigenvalue weighted by Gasteiger charge is 2.25. The SMILES string of the molecule is CCCCC/C=C\CCCCCCCC(=O)OC(COCCCCCCCC)COP(=O)(O)OCCN. The number of allylic oxidation sites excluding steroid dienone is 2. The van der Waals surface area contributed by atoms with Gasteiger partial charge in [-0.3, -0.25) is 13.8 Å². The Morgan fingerprint density at radius 3 is 2.03 bits per heavy atom. The van der Waals surface area contributed by atoms with Crippen LogP contribution in [0.4, 0.5) is 0 Å². The summed E-state index contributed by atoms with van der Waals surface area (Å²) in [6.07, 6.45) is 22.3. The van der Waals surface area contributed by atoms with Crippen molar-refractivity contribution in [3.8, 4) is 0 Å². The van der Waals surface area contributed by atoms with Gasteiger partial charge in [0, 0.05) is 19.6 Å². The van der Waals surface area contributed by atoms with E-state index in [1.807, 2.05) is 0 Å². The molecule has 0 aliphatic heterocycles. The molecule has 0 rings (SSSR count). The van der Waals surface area contributed by atoms with Gasteiger partial charge in [0.25, 0.3) is 0 Å². The van der Waals surface area contributed by atoms with Crippen LogP contribution in [0.25, 0.3) is 0 Å². The fourth-order valence-electron chi connectivity index (χ4n) is 3.75. The molecular weight excluding hydrogens is 493 g/mol. The molecule has 0 bridgehead atoms. The van der Waals surface area contributed by atoms with E-state index in [1.54, 1.807) is 0 Å². The lowest BCUT2D eigenvalue weighted by molar-refractivity contribution is -0.154. The third-order valence-corrected chi connectivity index (χ3v) is 6.92. The molecule has 2 unspecified atom stereocenters. The second-order valence-electron chi connectivity index (χ2n) is 9.61. The van der Waals surface area contributed by atoms with Crippen molar-refractivity contribution in [3.63, 3.8) is 0 Å². The zero-order chi connectivity index (χ0) is 27.5. The number of carbonyl (C=O) groups excluding carboxylic acids is 1. The molecule has 0 aromatic carbocycles. The van der Waals surface area contributed by atoms with E-state index in [0.717, 1.165) is 44.9 Å². The predicted octanol–water partition coefficient (Wildman–Crippen LogP) is 7.23. The Balaban J connectivity index is 4.18. The van der Waals surface area contributed by atoms with E-state index in [9.17, 15) is 14.3 Å². The number of esters is 1. The van der Waals surface area contributed by atoms with Crippen molar-refractivity contribution in [1.82, 2.24) is 0 Å². The highest BCUT2D eigenvalue weighted by molar-refractivity contribution is 7.47. The van der Waals surface area contributed by atoms with Crippen LogP contribution in [0.5, 0.6) is 0 Å². The largest absolute Gasteiger partial charge is 0.472 e. The van der Waals surface area contributed by atoms with Gasteiger partial charge < -0.3 is 20.1 Å². The molecule has 37 heavy (non-hydrogen) atoms. The molecule has 8 nitrogen and oxygen atoms in total. The van der Waals surface area contributed by atoms with Gasteiger partial charge in [-0.15, -0.1) is 0 Å². The Kier molecular flexibility index (Phi) is 26.3. The van der Waals surface area contributed by atoms with Crippen LogP contribution in [-0.2, 0) is 27.9 Å². The lowest BCUT2D eigenvalue weighted by Crippen LogP contribution is -2.28. The van der Waals surface area contributed by atoms with Crippen LogP contribution in [0.2, 0.25) is 0 Å². The first-order valence-electron chi connectivity index (χ1n) is 14.7. The van der Waals surface area contributed by atoms with Crippen molar-refractivity contribution in [2.75, 3.05) is 33.0 Å². The number of rotatable bonds is 28. The topological polar surface area (TPSA) is 117 Å². The maximum Gasteiger partial charge on any atom is 0.472 e. The summed E-state index contributed by atoms with van der Waals surface area (Å²) in [5, 5.41) is 0. The minimum absolute atomic E-state index is 0.0952. The summed E-state index contributed by atoms with van der Waals surface area (Å²) in [6.45, 7) is 4.81. The van der Waals surface area contributed by atoms with Crippen LogP contribution in [-0.4, -0.2) is 49.9 Å². The van der Waals surface area contributed by atoms with Crippen LogP contribution in [0.1, 0.15) is 123 Å². The second kappa shape index (κ2) is 26.8. The van der Waals surface area contributed by atoms with Gasteiger partial charge in [0.15, 0.2) is 0 Å². The van der Waals surface area contributed by atoms with E-state index in [1.165, 1.54) is 57.8 Å². The highest BCUT2D eigenvalue weighted by atomic mass is 31.2. The fraction of sp³-hybridized carbons (Fsp3) is 0.893. The molecule has 2 atom stereocenters. The van der Waals surface area contributed by atoms with Crippen molar-refractivity contribution >= 4 is 13.8 Å². The first-order valence-corrected chi connectivity index (χ1v) is 16.2. The van der Waals surface area contributed by atoms with Gasteiger partial charge in [0.05, 0.1) is 19.8 Å². The average Bonchev–Trinajstić information content (AvgIpc) is 2.88. The van der Waals surface area contributed by atoms with Crippen LogP contribution < -0.4 is 5.73 Å². The monoisotopic (exact) mass is 549 g/mol. The third-order valence-electron chi connectivity index (χ3n) is 5.93. The lowest BCUT2D eigenvalue weighted by Gasteiger charge is -2.20. The van der Waals surface area contributed by atoms with E-state index in [0.29, 0.717) is 13.0 Å². The Labute approximate surface area is 226 Å². The van der Waals surface area contributed by atoms with E-state index in [-0.39, 0.29) is 32.3 Å². The molecule has 9 heteroatoms. The number of phosphoric ester groups is 1. The first-order chi connectivity index (χ1) is 17.9. The lowest BCUT2D eigenvalue weighted by atomic mass is 10.1. The van der Waals surface area contributed by atoms with Crippen LogP contribution in [0, 0.1) is 0 Å².